The number of benzene rings is 2. The molecule has 0 saturated carbocycles. The van der Waals surface area contributed by atoms with Gasteiger partial charge in [0.05, 0.1) is 4.88 Å². The zero-order valence-electron chi connectivity index (χ0n) is 10.7. The van der Waals surface area contributed by atoms with Crippen molar-refractivity contribution < 1.29 is 4.79 Å². The highest BCUT2D eigenvalue weighted by Gasteiger charge is 2.14. The topological polar surface area (TPSA) is 17.1 Å². The highest BCUT2D eigenvalue weighted by atomic mass is 32.1. The quantitative estimate of drug-likeness (QED) is 0.628. The van der Waals surface area contributed by atoms with Crippen molar-refractivity contribution in [2.45, 2.75) is 13.3 Å². The highest BCUT2D eigenvalue weighted by Crippen LogP contribution is 2.25. The van der Waals surface area contributed by atoms with Gasteiger partial charge in [-0.1, -0.05) is 49.4 Å². The molecule has 0 aliphatic heterocycles. The lowest BCUT2D eigenvalue weighted by molar-refractivity contribution is 0.104. The first kappa shape index (κ1) is 12.1. The van der Waals surface area contributed by atoms with Crippen LogP contribution >= 0.6 is 11.3 Å². The maximum absolute atomic E-state index is 12.6. The summed E-state index contributed by atoms with van der Waals surface area (Å²) < 4.78 is 0. The summed E-state index contributed by atoms with van der Waals surface area (Å²) in [5.74, 6) is 0.126. The van der Waals surface area contributed by atoms with Crippen molar-refractivity contribution in [3.63, 3.8) is 0 Å². The average Bonchev–Trinajstić information content (AvgIpc) is 2.95. The molecule has 3 aromatic rings. The zero-order valence-corrected chi connectivity index (χ0v) is 11.5. The predicted molar refractivity (Wildman–Crippen MR) is 81.1 cm³/mol. The number of carbonyl (C=O) groups is 1. The number of carbonyl (C=O) groups excluding carboxylic acids is 1. The van der Waals surface area contributed by atoms with Gasteiger partial charge in [0, 0.05) is 10.4 Å². The SMILES string of the molecule is CCc1ccc(C(=O)c2cccc3ccccc23)s1. The lowest BCUT2D eigenvalue weighted by Gasteiger charge is -2.04. The molecule has 0 spiro atoms. The van der Waals surface area contributed by atoms with Crippen LogP contribution in [0.2, 0.25) is 0 Å². The molecule has 19 heavy (non-hydrogen) atoms. The molecule has 0 bridgehead atoms. The molecule has 0 saturated heterocycles. The van der Waals surface area contributed by atoms with Gasteiger partial charge in [-0.15, -0.1) is 11.3 Å². The van der Waals surface area contributed by atoms with Crippen molar-refractivity contribution in [2.24, 2.45) is 0 Å². The van der Waals surface area contributed by atoms with Crippen LogP contribution in [0.15, 0.2) is 54.6 Å². The molecule has 2 aromatic carbocycles. The summed E-state index contributed by atoms with van der Waals surface area (Å²) in [6, 6.07) is 17.9. The second-order valence-electron chi connectivity index (χ2n) is 4.48. The van der Waals surface area contributed by atoms with E-state index in [9.17, 15) is 4.79 Å². The van der Waals surface area contributed by atoms with Crippen LogP contribution in [0.3, 0.4) is 0 Å². The lowest BCUT2D eigenvalue weighted by Crippen LogP contribution is -1.99. The molecule has 0 fully saturated rings. The number of aryl methyl sites for hydroxylation is 1. The van der Waals surface area contributed by atoms with E-state index in [1.54, 1.807) is 11.3 Å². The van der Waals surface area contributed by atoms with Gasteiger partial charge in [0.25, 0.3) is 0 Å². The van der Waals surface area contributed by atoms with E-state index in [2.05, 4.69) is 6.92 Å². The van der Waals surface area contributed by atoms with Gasteiger partial charge < -0.3 is 0 Å². The Labute approximate surface area is 116 Å². The molecule has 2 heteroatoms. The van der Waals surface area contributed by atoms with Gasteiger partial charge >= 0.3 is 0 Å². The van der Waals surface area contributed by atoms with E-state index in [-0.39, 0.29) is 5.78 Å². The lowest BCUT2D eigenvalue weighted by atomic mass is 10.0. The smallest absolute Gasteiger partial charge is 0.203 e. The maximum atomic E-state index is 12.6. The Morgan fingerprint density at radius 3 is 2.58 bits per heavy atom. The first-order valence-electron chi connectivity index (χ1n) is 6.41. The summed E-state index contributed by atoms with van der Waals surface area (Å²) in [5.41, 5.74) is 0.794. The molecular weight excluding hydrogens is 252 g/mol. The maximum Gasteiger partial charge on any atom is 0.203 e. The number of fused-ring (bicyclic) bond motifs is 1. The van der Waals surface area contributed by atoms with Crippen LogP contribution in [0.5, 0.6) is 0 Å². The third-order valence-electron chi connectivity index (χ3n) is 3.27. The largest absolute Gasteiger partial charge is 0.288 e. The molecule has 0 aliphatic rings. The Morgan fingerprint density at radius 1 is 1.00 bits per heavy atom. The second kappa shape index (κ2) is 4.98. The minimum atomic E-state index is 0.126. The fraction of sp³-hybridized carbons (Fsp3) is 0.118. The summed E-state index contributed by atoms with van der Waals surface area (Å²) in [5, 5.41) is 2.14. The van der Waals surface area contributed by atoms with Crippen LogP contribution in [0, 0.1) is 0 Å². The van der Waals surface area contributed by atoms with Crippen LogP contribution in [0.4, 0.5) is 0 Å². The summed E-state index contributed by atoms with van der Waals surface area (Å²) in [6.45, 7) is 2.11. The van der Waals surface area contributed by atoms with Crippen molar-refractivity contribution >= 4 is 27.9 Å². The van der Waals surface area contributed by atoms with Crippen molar-refractivity contribution in [3.8, 4) is 0 Å². The number of ketones is 1. The molecule has 1 heterocycles. The first-order chi connectivity index (χ1) is 9.29. The molecule has 1 nitrogen and oxygen atoms in total. The van der Waals surface area contributed by atoms with Crippen molar-refractivity contribution in [1.29, 1.82) is 0 Å². The third-order valence-corrected chi connectivity index (χ3v) is 4.50. The number of rotatable bonds is 3. The monoisotopic (exact) mass is 266 g/mol. The molecule has 0 atom stereocenters. The molecule has 1 aromatic heterocycles. The van der Waals surface area contributed by atoms with Crippen LogP contribution in [0.1, 0.15) is 27.0 Å². The molecule has 0 unspecified atom stereocenters. The molecule has 3 rings (SSSR count). The van der Waals surface area contributed by atoms with Crippen LogP contribution in [-0.2, 0) is 6.42 Å². The number of thiophene rings is 1. The van der Waals surface area contributed by atoms with Gasteiger partial charge in [0.2, 0.25) is 5.78 Å². The van der Waals surface area contributed by atoms with Gasteiger partial charge in [0.15, 0.2) is 0 Å². The van der Waals surface area contributed by atoms with E-state index in [1.165, 1.54) is 4.88 Å². The van der Waals surface area contributed by atoms with E-state index >= 15 is 0 Å². The normalized spacial score (nSPS) is 10.8. The standard InChI is InChI=1S/C17H14OS/c1-2-13-10-11-16(19-13)17(18)15-9-5-7-12-6-3-4-8-14(12)15/h3-11H,2H2,1H3. The van der Waals surface area contributed by atoms with Gasteiger partial charge in [0.1, 0.15) is 0 Å². The van der Waals surface area contributed by atoms with E-state index in [0.717, 1.165) is 27.6 Å². The summed E-state index contributed by atoms with van der Waals surface area (Å²) in [4.78, 5) is 14.7. The van der Waals surface area contributed by atoms with Crippen molar-refractivity contribution in [3.05, 3.63) is 69.9 Å². The fourth-order valence-electron chi connectivity index (χ4n) is 2.25. The second-order valence-corrected chi connectivity index (χ2v) is 5.64. The van der Waals surface area contributed by atoms with Crippen LogP contribution in [-0.4, -0.2) is 5.78 Å². The molecule has 0 N–H and O–H groups in total. The zero-order chi connectivity index (χ0) is 13.2. The van der Waals surface area contributed by atoms with Gasteiger partial charge in [-0.25, -0.2) is 0 Å². The summed E-state index contributed by atoms with van der Waals surface area (Å²) >= 11 is 1.59. The summed E-state index contributed by atoms with van der Waals surface area (Å²) in [7, 11) is 0. The Hall–Kier alpha value is -1.93. The summed E-state index contributed by atoms with van der Waals surface area (Å²) in [6.07, 6.45) is 0.980. The predicted octanol–water partition coefficient (Wildman–Crippen LogP) is 4.69. The first-order valence-corrected chi connectivity index (χ1v) is 7.22. The minimum Gasteiger partial charge on any atom is -0.288 e. The van der Waals surface area contributed by atoms with Crippen molar-refractivity contribution in [2.75, 3.05) is 0 Å². The number of hydrogen-bond donors (Lipinski definition) is 0. The molecule has 0 radical (unpaired) electrons. The average molecular weight is 266 g/mol. The minimum absolute atomic E-state index is 0.126. The molecule has 0 aliphatic carbocycles. The Balaban J connectivity index is 2.11. The van der Waals surface area contributed by atoms with Gasteiger partial charge in [-0.2, -0.15) is 0 Å². The van der Waals surface area contributed by atoms with E-state index in [4.69, 9.17) is 0 Å². The van der Waals surface area contributed by atoms with E-state index in [1.807, 2.05) is 54.6 Å². The Kier molecular flexibility index (Phi) is 3.18. The Bertz CT molecular complexity index is 734. The molecular formula is C17H14OS. The Morgan fingerprint density at radius 2 is 1.79 bits per heavy atom. The third kappa shape index (κ3) is 2.20. The fourth-order valence-corrected chi connectivity index (χ4v) is 3.15. The van der Waals surface area contributed by atoms with Crippen LogP contribution < -0.4 is 0 Å². The van der Waals surface area contributed by atoms with Crippen LogP contribution in [0.25, 0.3) is 10.8 Å². The highest BCUT2D eigenvalue weighted by molar-refractivity contribution is 7.14. The molecule has 0 amide bonds. The van der Waals surface area contributed by atoms with Crippen molar-refractivity contribution in [1.82, 2.24) is 0 Å². The van der Waals surface area contributed by atoms with E-state index in [0.29, 0.717) is 0 Å². The van der Waals surface area contributed by atoms with E-state index < -0.39 is 0 Å². The van der Waals surface area contributed by atoms with Gasteiger partial charge in [-0.3, -0.25) is 4.79 Å². The molecule has 94 valence electrons. The number of hydrogen-bond acceptors (Lipinski definition) is 2. The van der Waals surface area contributed by atoms with Gasteiger partial charge in [-0.05, 0) is 29.3 Å².